The quantitative estimate of drug-likeness (QED) is 0.832. The second kappa shape index (κ2) is 5.08. The Morgan fingerprint density at radius 2 is 2.17 bits per heavy atom. The number of amides is 1. The van der Waals surface area contributed by atoms with E-state index in [0.717, 1.165) is 17.7 Å². The third kappa shape index (κ3) is 2.40. The molecule has 0 aliphatic carbocycles. The molecule has 98 valence electrons. The van der Waals surface area contributed by atoms with Crippen LogP contribution in [0.1, 0.15) is 16.7 Å². The molecule has 0 radical (unpaired) electrons. The first-order chi connectivity index (χ1) is 8.52. The molecule has 0 saturated heterocycles. The van der Waals surface area contributed by atoms with E-state index in [1.807, 2.05) is 20.2 Å². The van der Waals surface area contributed by atoms with E-state index in [0.29, 0.717) is 19.0 Å². The van der Waals surface area contributed by atoms with Crippen LogP contribution in [0, 0.1) is 6.92 Å². The first-order valence-electron chi connectivity index (χ1n) is 6.30. The Balaban J connectivity index is 2.26. The zero-order chi connectivity index (χ0) is 13.3. The molecule has 4 nitrogen and oxygen atoms in total. The highest BCUT2D eigenvalue weighted by molar-refractivity contribution is 5.99. The summed E-state index contributed by atoms with van der Waals surface area (Å²) in [5.41, 5.74) is 10.4. The standard InChI is InChI=1S/C14H21N3O/c1-9-10(6-11(8-15)17(2)3)4-5-13-12(9)7-14(18)16-13/h4-5,11H,6-8,15H2,1-3H3,(H,16,18). The second-order valence-electron chi connectivity index (χ2n) is 5.16. The Morgan fingerprint density at radius 1 is 1.44 bits per heavy atom. The molecule has 1 aromatic rings. The zero-order valence-electron chi connectivity index (χ0n) is 11.3. The molecule has 0 bridgehead atoms. The Bertz CT molecular complexity index is 468. The predicted octanol–water partition coefficient (Wildman–Crippen LogP) is 0.921. The van der Waals surface area contributed by atoms with Gasteiger partial charge in [0.05, 0.1) is 6.42 Å². The summed E-state index contributed by atoms with van der Waals surface area (Å²) in [5.74, 6) is 0.0910. The van der Waals surface area contributed by atoms with E-state index >= 15 is 0 Å². The van der Waals surface area contributed by atoms with Crippen LogP contribution in [0.15, 0.2) is 12.1 Å². The SMILES string of the molecule is Cc1c(CC(CN)N(C)C)ccc2c1CC(=O)N2. The van der Waals surface area contributed by atoms with Crippen LogP contribution < -0.4 is 11.1 Å². The summed E-state index contributed by atoms with van der Waals surface area (Å²) in [7, 11) is 4.09. The van der Waals surface area contributed by atoms with Gasteiger partial charge in [0.25, 0.3) is 0 Å². The molecule has 0 fully saturated rings. The number of likely N-dealkylation sites (N-methyl/N-ethyl adjacent to an activating group) is 1. The summed E-state index contributed by atoms with van der Waals surface area (Å²) in [5, 5.41) is 2.88. The van der Waals surface area contributed by atoms with E-state index in [4.69, 9.17) is 5.73 Å². The van der Waals surface area contributed by atoms with Gasteiger partial charge in [0.15, 0.2) is 0 Å². The molecule has 0 saturated carbocycles. The minimum Gasteiger partial charge on any atom is -0.329 e. The van der Waals surface area contributed by atoms with Gasteiger partial charge in [-0.3, -0.25) is 4.79 Å². The zero-order valence-corrected chi connectivity index (χ0v) is 11.3. The van der Waals surface area contributed by atoms with E-state index in [1.54, 1.807) is 0 Å². The monoisotopic (exact) mass is 247 g/mol. The Hall–Kier alpha value is -1.39. The summed E-state index contributed by atoms with van der Waals surface area (Å²) in [4.78, 5) is 13.6. The number of anilines is 1. The highest BCUT2D eigenvalue weighted by atomic mass is 16.1. The van der Waals surface area contributed by atoms with Crippen molar-refractivity contribution >= 4 is 11.6 Å². The number of hydrogen-bond donors (Lipinski definition) is 2. The van der Waals surface area contributed by atoms with Crippen LogP contribution in [0.5, 0.6) is 0 Å². The van der Waals surface area contributed by atoms with Crippen molar-refractivity contribution in [3.8, 4) is 0 Å². The van der Waals surface area contributed by atoms with Gasteiger partial charge in [0, 0.05) is 18.3 Å². The summed E-state index contributed by atoms with van der Waals surface area (Å²) < 4.78 is 0. The van der Waals surface area contributed by atoms with Crippen LogP contribution >= 0.6 is 0 Å². The lowest BCUT2D eigenvalue weighted by atomic mass is 9.95. The molecule has 1 heterocycles. The van der Waals surface area contributed by atoms with Gasteiger partial charge in [-0.15, -0.1) is 0 Å². The summed E-state index contributed by atoms with van der Waals surface area (Å²) >= 11 is 0. The molecule has 1 unspecified atom stereocenters. The fraction of sp³-hybridized carbons (Fsp3) is 0.500. The number of carbonyl (C=O) groups is 1. The molecule has 1 amide bonds. The smallest absolute Gasteiger partial charge is 0.228 e. The fourth-order valence-corrected chi connectivity index (χ4v) is 2.46. The maximum atomic E-state index is 11.4. The van der Waals surface area contributed by atoms with E-state index < -0.39 is 0 Å². The van der Waals surface area contributed by atoms with E-state index in [1.165, 1.54) is 11.1 Å². The van der Waals surface area contributed by atoms with Crippen molar-refractivity contribution < 1.29 is 4.79 Å². The van der Waals surface area contributed by atoms with Crippen molar-refractivity contribution in [2.75, 3.05) is 26.0 Å². The maximum Gasteiger partial charge on any atom is 0.228 e. The number of benzene rings is 1. The molecule has 3 N–H and O–H groups in total. The van der Waals surface area contributed by atoms with Gasteiger partial charge in [0.2, 0.25) is 5.91 Å². The van der Waals surface area contributed by atoms with E-state index in [2.05, 4.69) is 23.2 Å². The molecular weight excluding hydrogens is 226 g/mol. The first-order valence-corrected chi connectivity index (χ1v) is 6.30. The van der Waals surface area contributed by atoms with Gasteiger partial charge in [0.1, 0.15) is 0 Å². The van der Waals surface area contributed by atoms with Gasteiger partial charge in [-0.05, 0) is 50.2 Å². The van der Waals surface area contributed by atoms with Gasteiger partial charge >= 0.3 is 0 Å². The number of fused-ring (bicyclic) bond motifs is 1. The van der Waals surface area contributed by atoms with Crippen molar-refractivity contribution in [3.05, 3.63) is 28.8 Å². The largest absolute Gasteiger partial charge is 0.329 e. The molecule has 1 aliphatic heterocycles. The minimum atomic E-state index is 0.0910. The van der Waals surface area contributed by atoms with Crippen LogP contribution in [-0.4, -0.2) is 37.5 Å². The van der Waals surface area contributed by atoms with Crippen molar-refractivity contribution in [2.45, 2.75) is 25.8 Å². The summed E-state index contributed by atoms with van der Waals surface area (Å²) in [6.07, 6.45) is 1.43. The topological polar surface area (TPSA) is 58.4 Å². The Morgan fingerprint density at radius 3 is 2.78 bits per heavy atom. The minimum absolute atomic E-state index is 0.0910. The van der Waals surface area contributed by atoms with Crippen molar-refractivity contribution in [3.63, 3.8) is 0 Å². The van der Waals surface area contributed by atoms with E-state index in [-0.39, 0.29) is 5.91 Å². The number of rotatable bonds is 4. The third-order valence-electron chi connectivity index (χ3n) is 3.78. The molecule has 18 heavy (non-hydrogen) atoms. The van der Waals surface area contributed by atoms with Crippen LogP contribution in [-0.2, 0) is 17.6 Å². The third-order valence-corrected chi connectivity index (χ3v) is 3.78. The number of nitrogens with one attached hydrogen (secondary N) is 1. The molecule has 1 aliphatic rings. The highest BCUT2D eigenvalue weighted by Crippen LogP contribution is 2.29. The molecule has 0 aromatic heterocycles. The fourth-order valence-electron chi connectivity index (χ4n) is 2.46. The maximum absolute atomic E-state index is 11.4. The summed E-state index contributed by atoms with van der Waals surface area (Å²) in [6.45, 7) is 2.73. The number of carbonyl (C=O) groups excluding carboxylic acids is 1. The average molecular weight is 247 g/mol. The van der Waals surface area contributed by atoms with Crippen molar-refractivity contribution in [1.29, 1.82) is 0 Å². The second-order valence-corrected chi connectivity index (χ2v) is 5.16. The predicted molar refractivity (Wildman–Crippen MR) is 73.7 cm³/mol. The molecule has 1 aromatic carbocycles. The van der Waals surface area contributed by atoms with Crippen molar-refractivity contribution in [2.24, 2.45) is 5.73 Å². The number of nitrogens with two attached hydrogens (primary N) is 1. The molecule has 2 rings (SSSR count). The summed E-state index contributed by atoms with van der Waals surface area (Å²) in [6, 6.07) is 4.45. The molecular formula is C14H21N3O. The highest BCUT2D eigenvalue weighted by Gasteiger charge is 2.21. The van der Waals surface area contributed by atoms with Crippen LogP contribution in [0.25, 0.3) is 0 Å². The van der Waals surface area contributed by atoms with Gasteiger partial charge in [-0.1, -0.05) is 6.07 Å². The average Bonchev–Trinajstić information content (AvgIpc) is 2.69. The van der Waals surface area contributed by atoms with Gasteiger partial charge < -0.3 is 16.0 Å². The first kappa shape index (κ1) is 13.1. The number of nitrogens with zero attached hydrogens (tertiary/aromatic N) is 1. The molecule has 0 spiro atoms. The van der Waals surface area contributed by atoms with Crippen LogP contribution in [0.4, 0.5) is 5.69 Å². The lowest BCUT2D eigenvalue weighted by molar-refractivity contribution is -0.115. The normalized spacial score (nSPS) is 15.7. The number of hydrogen-bond acceptors (Lipinski definition) is 3. The molecule has 4 heteroatoms. The lowest BCUT2D eigenvalue weighted by Crippen LogP contribution is -2.37. The van der Waals surface area contributed by atoms with Crippen LogP contribution in [0.3, 0.4) is 0 Å². The Labute approximate surface area is 108 Å². The van der Waals surface area contributed by atoms with Crippen LogP contribution in [0.2, 0.25) is 0 Å². The lowest BCUT2D eigenvalue weighted by Gasteiger charge is -2.24. The Kier molecular flexibility index (Phi) is 3.68. The van der Waals surface area contributed by atoms with Gasteiger partial charge in [-0.2, -0.15) is 0 Å². The molecule has 1 atom stereocenters. The van der Waals surface area contributed by atoms with E-state index in [9.17, 15) is 4.79 Å². The van der Waals surface area contributed by atoms with Crippen molar-refractivity contribution in [1.82, 2.24) is 4.90 Å². The van der Waals surface area contributed by atoms with Gasteiger partial charge in [-0.25, -0.2) is 0 Å².